The molecule has 1 rings (SSSR count). The van der Waals surface area contributed by atoms with Crippen molar-refractivity contribution in [3.63, 3.8) is 0 Å². The third-order valence-electron chi connectivity index (χ3n) is 1.99. The van der Waals surface area contributed by atoms with Gasteiger partial charge in [0.2, 0.25) is 5.82 Å². The van der Waals surface area contributed by atoms with Crippen molar-refractivity contribution in [2.45, 2.75) is 19.4 Å². The van der Waals surface area contributed by atoms with Crippen LogP contribution in [0.25, 0.3) is 0 Å². The van der Waals surface area contributed by atoms with Crippen molar-refractivity contribution in [1.82, 2.24) is 4.98 Å². The van der Waals surface area contributed by atoms with Gasteiger partial charge in [-0.05, 0) is 13.8 Å². The number of nitriles is 1. The van der Waals surface area contributed by atoms with Gasteiger partial charge in [0.1, 0.15) is 6.07 Å². The molecule has 0 atom stereocenters. The van der Waals surface area contributed by atoms with E-state index in [0.717, 1.165) is 6.07 Å². The van der Waals surface area contributed by atoms with Crippen molar-refractivity contribution in [2.75, 3.05) is 5.32 Å². The number of pyridine rings is 1. The Hall–Kier alpha value is -2.60. The van der Waals surface area contributed by atoms with Crippen LogP contribution >= 0.6 is 0 Å². The van der Waals surface area contributed by atoms with Gasteiger partial charge in [-0.2, -0.15) is 5.26 Å². The fraction of sp³-hybridized carbons (Fsp3) is 0.273. The molecular formula is C11H10N4O2. The first-order chi connectivity index (χ1) is 7.89. The number of rotatable bonds is 3. The maximum Gasteiger partial charge on any atom is 0.312 e. The molecule has 0 aliphatic carbocycles. The van der Waals surface area contributed by atoms with Crippen LogP contribution < -0.4 is 5.32 Å². The Morgan fingerprint density at radius 2 is 2.29 bits per heavy atom. The molecule has 17 heavy (non-hydrogen) atoms. The Morgan fingerprint density at radius 1 is 1.65 bits per heavy atom. The lowest BCUT2D eigenvalue weighted by atomic mass is 10.1. The maximum absolute atomic E-state index is 10.8. The van der Waals surface area contributed by atoms with E-state index in [0.29, 0.717) is 0 Å². The van der Waals surface area contributed by atoms with E-state index in [1.807, 2.05) is 0 Å². The molecule has 0 unspecified atom stereocenters. The zero-order valence-corrected chi connectivity index (χ0v) is 9.39. The molecule has 6 nitrogen and oxygen atoms in total. The number of nitrogens with one attached hydrogen (secondary N) is 1. The second-order valence-corrected chi connectivity index (χ2v) is 3.85. The number of anilines is 1. The fourth-order valence-corrected chi connectivity index (χ4v) is 1.08. The first kappa shape index (κ1) is 12.5. The van der Waals surface area contributed by atoms with E-state index >= 15 is 0 Å². The summed E-state index contributed by atoms with van der Waals surface area (Å²) in [6.07, 6.45) is 6.53. The minimum absolute atomic E-state index is 0.0527. The monoisotopic (exact) mass is 230 g/mol. The fourth-order valence-electron chi connectivity index (χ4n) is 1.08. The number of aromatic nitrogens is 1. The van der Waals surface area contributed by atoms with Gasteiger partial charge in [-0.3, -0.25) is 10.1 Å². The molecule has 6 heteroatoms. The largest absolute Gasteiger partial charge is 0.349 e. The third-order valence-corrected chi connectivity index (χ3v) is 1.99. The highest BCUT2D eigenvalue weighted by atomic mass is 16.6. The molecule has 0 aromatic carbocycles. The van der Waals surface area contributed by atoms with Gasteiger partial charge >= 0.3 is 5.69 Å². The molecule has 1 aromatic heterocycles. The molecular weight excluding hydrogens is 220 g/mol. The first-order valence-corrected chi connectivity index (χ1v) is 4.70. The summed E-state index contributed by atoms with van der Waals surface area (Å²) in [5.74, 6) is 2.50. The standard InChI is InChI=1S/C11H10N4O2/c1-4-11(2,3)14-10-9(15(16)17)5-8(6-12)7-13-10/h1,5,7H,2-3H3,(H,13,14). The highest BCUT2D eigenvalue weighted by Crippen LogP contribution is 2.25. The van der Waals surface area contributed by atoms with Crippen LogP contribution in [0.2, 0.25) is 0 Å². The van der Waals surface area contributed by atoms with E-state index in [9.17, 15) is 10.1 Å². The SMILES string of the molecule is C#CC(C)(C)Nc1ncc(C#N)cc1[N+](=O)[O-]. The number of hydrogen-bond donors (Lipinski definition) is 1. The summed E-state index contributed by atoms with van der Waals surface area (Å²) in [5, 5.41) is 22.2. The Labute approximate surface area is 98.4 Å². The zero-order chi connectivity index (χ0) is 13.1. The summed E-state index contributed by atoms with van der Waals surface area (Å²) in [5.41, 5.74) is -0.903. The average Bonchev–Trinajstić information content (AvgIpc) is 2.29. The summed E-state index contributed by atoms with van der Waals surface area (Å²) >= 11 is 0. The second kappa shape index (κ2) is 4.50. The highest BCUT2D eigenvalue weighted by molar-refractivity contribution is 5.60. The Bertz CT molecular complexity index is 537. The lowest BCUT2D eigenvalue weighted by Crippen LogP contribution is -2.29. The summed E-state index contributed by atoms with van der Waals surface area (Å²) < 4.78 is 0. The van der Waals surface area contributed by atoms with Gasteiger partial charge in [-0.25, -0.2) is 4.98 Å². The maximum atomic E-state index is 10.8. The van der Waals surface area contributed by atoms with Crippen LogP contribution in [0.5, 0.6) is 0 Å². The smallest absolute Gasteiger partial charge is 0.312 e. The molecule has 0 amide bonds. The van der Waals surface area contributed by atoms with Crippen LogP contribution in [0.1, 0.15) is 19.4 Å². The summed E-state index contributed by atoms with van der Waals surface area (Å²) in [4.78, 5) is 14.1. The van der Waals surface area contributed by atoms with E-state index in [1.54, 1.807) is 19.9 Å². The third kappa shape index (κ3) is 2.93. The minimum atomic E-state index is -0.758. The van der Waals surface area contributed by atoms with Gasteiger partial charge in [0, 0.05) is 12.3 Å². The molecule has 0 aliphatic heterocycles. The molecule has 1 N–H and O–H groups in total. The summed E-state index contributed by atoms with van der Waals surface area (Å²) in [7, 11) is 0. The lowest BCUT2D eigenvalue weighted by Gasteiger charge is -2.19. The van der Waals surface area contributed by atoms with Gasteiger partial charge in [0.25, 0.3) is 0 Å². The first-order valence-electron chi connectivity index (χ1n) is 4.70. The molecule has 0 fully saturated rings. The Balaban J connectivity index is 3.22. The van der Waals surface area contributed by atoms with E-state index < -0.39 is 10.5 Å². The molecule has 0 bridgehead atoms. The topological polar surface area (TPSA) is 91.8 Å². The normalized spacial score (nSPS) is 10.1. The molecule has 1 heterocycles. The van der Waals surface area contributed by atoms with Gasteiger partial charge in [-0.15, -0.1) is 6.42 Å². The molecule has 0 spiro atoms. The molecule has 0 aliphatic rings. The van der Waals surface area contributed by atoms with E-state index in [2.05, 4.69) is 16.2 Å². The van der Waals surface area contributed by atoms with Gasteiger partial charge < -0.3 is 5.32 Å². The van der Waals surface area contributed by atoms with Crippen LogP contribution in [0.15, 0.2) is 12.3 Å². The lowest BCUT2D eigenvalue weighted by molar-refractivity contribution is -0.384. The molecule has 0 saturated carbocycles. The number of nitro groups is 1. The second-order valence-electron chi connectivity index (χ2n) is 3.85. The van der Waals surface area contributed by atoms with Crippen LogP contribution in [0, 0.1) is 33.8 Å². The number of terminal acetylenes is 1. The van der Waals surface area contributed by atoms with Crippen molar-refractivity contribution in [3.8, 4) is 18.4 Å². The van der Waals surface area contributed by atoms with Crippen molar-refractivity contribution in [3.05, 3.63) is 27.9 Å². The van der Waals surface area contributed by atoms with Gasteiger partial charge in [-0.1, -0.05) is 5.92 Å². The summed E-state index contributed by atoms with van der Waals surface area (Å²) in [6, 6.07) is 2.95. The van der Waals surface area contributed by atoms with Gasteiger partial charge in [0.15, 0.2) is 0 Å². The quantitative estimate of drug-likeness (QED) is 0.484. The minimum Gasteiger partial charge on any atom is -0.349 e. The van der Waals surface area contributed by atoms with E-state index in [-0.39, 0.29) is 17.1 Å². The van der Waals surface area contributed by atoms with Crippen molar-refractivity contribution >= 4 is 11.5 Å². The van der Waals surface area contributed by atoms with Crippen LogP contribution in [-0.4, -0.2) is 15.4 Å². The predicted molar refractivity (Wildman–Crippen MR) is 62.1 cm³/mol. The summed E-state index contributed by atoms with van der Waals surface area (Å²) in [6.45, 7) is 3.38. The Kier molecular flexibility index (Phi) is 3.30. The zero-order valence-electron chi connectivity index (χ0n) is 9.39. The van der Waals surface area contributed by atoms with Crippen LogP contribution in [0.3, 0.4) is 0 Å². The van der Waals surface area contributed by atoms with E-state index in [4.69, 9.17) is 11.7 Å². The van der Waals surface area contributed by atoms with Gasteiger partial charge in [0.05, 0.1) is 16.0 Å². The highest BCUT2D eigenvalue weighted by Gasteiger charge is 2.22. The number of hydrogen-bond acceptors (Lipinski definition) is 5. The van der Waals surface area contributed by atoms with Crippen LogP contribution in [0.4, 0.5) is 11.5 Å². The molecule has 86 valence electrons. The molecule has 1 aromatic rings. The predicted octanol–water partition coefficient (Wildman–Crippen LogP) is 1.69. The van der Waals surface area contributed by atoms with Crippen molar-refractivity contribution < 1.29 is 4.92 Å². The van der Waals surface area contributed by atoms with E-state index in [1.165, 1.54) is 6.20 Å². The molecule has 0 saturated heterocycles. The van der Waals surface area contributed by atoms with Crippen LogP contribution in [-0.2, 0) is 0 Å². The number of nitrogens with zero attached hydrogens (tertiary/aromatic N) is 3. The van der Waals surface area contributed by atoms with Crippen molar-refractivity contribution in [1.29, 1.82) is 5.26 Å². The van der Waals surface area contributed by atoms with Crippen molar-refractivity contribution in [2.24, 2.45) is 0 Å². The Morgan fingerprint density at radius 3 is 2.76 bits per heavy atom. The molecule has 0 radical (unpaired) electrons. The average molecular weight is 230 g/mol.